The highest BCUT2D eigenvalue weighted by Gasteiger charge is 2.19. The highest BCUT2D eigenvalue weighted by Crippen LogP contribution is 2.30. The Morgan fingerprint density at radius 3 is 2.57 bits per heavy atom. The van der Waals surface area contributed by atoms with Gasteiger partial charge < -0.3 is 4.42 Å². The molecule has 5 heteroatoms. The second kappa shape index (κ2) is 5.66. The lowest BCUT2D eigenvalue weighted by atomic mass is 10.1. The Balaban J connectivity index is 1.93. The summed E-state index contributed by atoms with van der Waals surface area (Å²) < 4.78 is 18.8. The summed E-state index contributed by atoms with van der Waals surface area (Å²) in [5, 5.41) is 7.48. The molecule has 3 nitrogen and oxygen atoms in total. The van der Waals surface area contributed by atoms with Crippen molar-refractivity contribution in [3.05, 3.63) is 71.4 Å². The first-order chi connectivity index (χ1) is 10.1. The molecular weight excluding hydrogens is 291 g/mol. The molecule has 1 unspecified atom stereocenters. The highest BCUT2D eigenvalue weighted by molar-refractivity contribution is 6.22. The highest BCUT2D eigenvalue weighted by atomic mass is 35.5. The number of hydrogen-bond acceptors (Lipinski definition) is 3. The molecule has 0 radical (unpaired) electrons. The SMILES string of the molecule is Cc1cc(F)ccc1-c1nnc(C(Cl)c2ccccc2)o1. The predicted octanol–water partition coefficient (Wildman–Crippen LogP) is 4.51. The number of benzene rings is 2. The molecular formula is C16H12ClFN2O. The van der Waals surface area contributed by atoms with Crippen molar-refractivity contribution in [3.63, 3.8) is 0 Å². The molecule has 1 aromatic heterocycles. The van der Waals surface area contributed by atoms with Crippen LogP contribution in [0.3, 0.4) is 0 Å². The molecule has 0 aliphatic heterocycles. The van der Waals surface area contributed by atoms with Crippen LogP contribution in [0.5, 0.6) is 0 Å². The zero-order chi connectivity index (χ0) is 14.8. The number of halogens is 2. The van der Waals surface area contributed by atoms with Gasteiger partial charge in [0.15, 0.2) is 0 Å². The van der Waals surface area contributed by atoms with Crippen molar-refractivity contribution in [1.82, 2.24) is 10.2 Å². The van der Waals surface area contributed by atoms with Crippen molar-refractivity contribution in [2.24, 2.45) is 0 Å². The van der Waals surface area contributed by atoms with Crippen LogP contribution in [0.1, 0.15) is 22.4 Å². The summed E-state index contributed by atoms with van der Waals surface area (Å²) in [5.41, 5.74) is 2.31. The molecule has 0 N–H and O–H groups in total. The van der Waals surface area contributed by atoms with Gasteiger partial charge in [0.1, 0.15) is 11.2 Å². The lowest BCUT2D eigenvalue weighted by Gasteiger charge is -2.04. The summed E-state index contributed by atoms with van der Waals surface area (Å²) in [6, 6.07) is 13.9. The number of rotatable bonds is 3. The van der Waals surface area contributed by atoms with Gasteiger partial charge in [0.05, 0.1) is 0 Å². The van der Waals surface area contributed by atoms with Gasteiger partial charge in [0, 0.05) is 5.56 Å². The minimum Gasteiger partial charge on any atom is -0.419 e. The summed E-state index contributed by atoms with van der Waals surface area (Å²) in [7, 11) is 0. The Labute approximate surface area is 126 Å². The molecule has 106 valence electrons. The monoisotopic (exact) mass is 302 g/mol. The minimum absolute atomic E-state index is 0.296. The van der Waals surface area contributed by atoms with E-state index in [0.717, 1.165) is 11.1 Å². The zero-order valence-electron chi connectivity index (χ0n) is 11.3. The summed E-state index contributed by atoms with van der Waals surface area (Å²) in [4.78, 5) is 0. The van der Waals surface area contributed by atoms with Crippen LogP contribution < -0.4 is 0 Å². The van der Waals surface area contributed by atoms with Crippen molar-refractivity contribution in [1.29, 1.82) is 0 Å². The zero-order valence-corrected chi connectivity index (χ0v) is 12.0. The third-order valence-corrected chi connectivity index (χ3v) is 3.61. The van der Waals surface area contributed by atoms with Crippen molar-refractivity contribution in [3.8, 4) is 11.5 Å². The number of hydrogen-bond donors (Lipinski definition) is 0. The van der Waals surface area contributed by atoms with E-state index in [0.29, 0.717) is 17.3 Å². The lowest BCUT2D eigenvalue weighted by Crippen LogP contribution is -1.92. The van der Waals surface area contributed by atoms with Crippen LogP contribution in [-0.2, 0) is 0 Å². The molecule has 0 amide bonds. The van der Waals surface area contributed by atoms with Gasteiger partial charge in [0.2, 0.25) is 11.8 Å². The fourth-order valence-electron chi connectivity index (χ4n) is 2.08. The fraction of sp³-hybridized carbons (Fsp3) is 0.125. The molecule has 0 saturated heterocycles. The maximum absolute atomic E-state index is 13.1. The Bertz CT molecular complexity index is 758. The Hall–Kier alpha value is -2.20. The number of aromatic nitrogens is 2. The van der Waals surface area contributed by atoms with Crippen LogP contribution in [0.2, 0.25) is 0 Å². The molecule has 0 bridgehead atoms. The van der Waals surface area contributed by atoms with E-state index in [1.165, 1.54) is 12.1 Å². The summed E-state index contributed by atoms with van der Waals surface area (Å²) in [6.45, 7) is 1.79. The quantitative estimate of drug-likeness (QED) is 0.668. The molecule has 1 heterocycles. The van der Waals surface area contributed by atoms with Gasteiger partial charge in [0.25, 0.3) is 0 Å². The van der Waals surface area contributed by atoms with Crippen molar-refractivity contribution < 1.29 is 8.81 Å². The smallest absolute Gasteiger partial charge is 0.248 e. The van der Waals surface area contributed by atoms with Gasteiger partial charge in [-0.25, -0.2) is 4.39 Å². The van der Waals surface area contributed by atoms with Crippen LogP contribution in [0.25, 0.3) is 11.5 Å². The molecule has 3 aromatic rings. The molecule has 0 aliphatic carbocycles. The van der Waals surface area contributed by atoms with Crippen molar-refractivity contribution in [2.45, 2.75) is 12.3 Å². The topological polar surface area (TPSA) is 38.9 Å². The van der Waals surface area contributed by atoms with E-state index >= 15 is 0 Å². The fourth-order valence-corrected chi connectivity index (χ4v) is 2.31. The first-order valence-corrected chi connectivity index (χ1v) is 6.88. The van der Waals surface area contributed by atoms with E-state index in [4.69, 9.17) is 16.0 Å². The normalized spacial score (nSPS) is 12.3. The molecule has 21 heavy (non-hydrogen) atoms. The molecule has 0 aliphatic rings. The minimum atomic E-state index is -0.506. The molecule has 0 spiro atoms. The Morgan fingerprint density at radius 1 is 1.10 bits per heavy atom. The number of alkyl halides is 1. The molecule has 0 fully saturated rings. The van der Waals surface area contributed by atoms with Gasteiger partial charge >= 0.3 is 0 Å². The van der Waals surface area contributed by atoms with E-state index < -0.39 is 5.38 Å². The van der Waals surface area contributed by atoms with E-state index in [-0.39, 0.29) is 5.82 Å². The van der Waals surface area contributed by atoms with E-state index in [9.17, 15) is 4.39 Å². The lowest BCUT2D eigenvalue weighted by molar-refractivity contribution is 0.512. The van der Waals surface area contributed by atoms with Crippen LogP contribution in [0, 0.1) is 12.7 Å². The standard InChI is InChI=1S/C16H12ClFN2O/c1-10-9-12(18)7-8-13(10)15-19-20-16(21-15)14(17)11-5-3-2-4-6-11/h2-9,14H,1H3. The van der Waals surface area contributed by atoms with Crippen LogP contribution in [0.15, 0.2) is 52.9 Å². The average Bonchev–Trinajstić information content (AvgIpc) is 2.97. The Kier molecular flexibility index (Phi) is 3.71. The summed E-state index contributed by atoms with van der Waals surface area (Å²) >= 11 is 6.34. The number of aryl methyl sites for hydroxylation is 1. The van der Waals surface area contributed by atoms with Gasteiger partial charge in [-0.05, 0) is 36.2 Å². The van der Waals surface area contributed by atoms with Gasteiger partial charge in [-0.3, -0.25) is 0 Å². The second-order valence-electron chi connectivity index (χ2n) is 4.68. The average molecular weight is 303 g/mol. The maximum atomic E-state index is 13.1. The maximum Gasteiger partial charge on any atom is 0.248 e. The third kappa shape index (κ3) is 2.81. The summed E-state index contributed by atoms with van der Waals surface area (Å²) in [5.74, 6) is 0.362. The van der Waals surface area contributed by atoms with E-state index in [1.807, 2.05) is 30.3 Å². The van der Waals surface area contributed by atoms with Gasteiger partial charge in [-0.1, -0.05) is 30.3 Å². The van der Waals surface area contributed by atoms with Gasteiger partial charge in [-0.2, -0.15) is 0 Å². The first kappa shape index (κ1) is 13.8. The molecule has 3 rings (SSSR count). The van der Waals surface area contributed by atoms with E-state index in [1.54, 1.807) is 13.0 Å². The van der Waals surface area contributed by atoms with Crippen molar-refractivity contribution >= 4 is 11.6 Å². The molecule has 1 atom stereocenters. The largest absolute Gasteiger partial charge is 0.419 e. The van der Waals surface area contributed by atoms with Crippen LogP contribution >= 0.6 is 11.6 Å². The molecule has 2 aromatic carbocycles. The second-order valence-corrected chi connectivity index (χ2v) is 5.11. The van der Waals surface area contributed by atoms with E-state index in [2.05, 4.69) is 10.2 Å². The first-order valence-electron chi connectivity index (χ1n) is 6.44. The number of nitrogens with zero attached hydrogens (tertiary/aromatic N) is 2. The predicted molar refractivity (Wildman–Crippen MR) is 78.6 cm³/mol. The van der Waals surface area contributed by atoms with Crippen LogP contribution in [0.4, 0.5) is 4.39 Å². The van der Waals surface area contributed by atoms with Crippen molar-refractivity contribution in [2.75, 3.05) is 0 Å². The third-order valence-electron chi connectivity index (χ3n) is 3.17. The van der Waals surface area contributed by atoms with Gasteiger partial charge in [-0.15, -0.1) is 21.8 Å². The molecule has 0 saturated carbocycles. The van der Waals surface area contributed by atoms with Crippen LogP contribution in [-0.4, -0.2) is 10.2 Å². The summed E-state index contributed by atoms with van der Waals surface area (Å²) in [6.07, 6.45) is 0. The Morgan fingerprint density at radius 2 is 1.86 bits per heavy atom.